The molecule has 0 amide bonds. The van der Waals surface area contributed by atoms with E-state index in [1.54, 1.807) is 25.3 Å². The molecular weight excluding hydrogens is 386 g/mol. The van der Waals surface area contributed by atoms with Gasteiger partial charge in [-0.3, -0.25) is 4.79 Å². The first-order valence-electron chi connectivity index (χ1n) is 9.36. The van der Waals surface area contributed by atoms with E-state index in [-0.39, 0.29) is 5.92 Å². The van der Waals surface area contributed by atoms with Crippen molar-refractivity contribution in [3.8, 4) is 11.8 Å². The fourth-order valence-electron chi connectivity index (χ4n) is 3.35. The smallest absolute Gasteiger partial charge is 0.315 e. The third-order valence-electron chi connectivity index (χ3n) is 4.88. The van der Waals surface area contributed by atoms with E-state index >= 15 is 0 Å². The van der Waals surface area contributed by atoms with Gasteiger partial charge >= 0.3 is 5.97 Å². The Bertz CT molecular complexity index is 1050. The van der Waals surface area contributed by atoms with Crippen LogP contribution in [0.15, 0.2) is 60.7 Å². The van der Waals surface area contributed by atoms with Gasteiger partial charge in [0.2, 0.25) is 6.10 Å². The molecule has 3 rings (SSSR count). The molecule has 0 aromatic heterocycles. The Morgan fingerprint density at radius 2 is 1.59 bits per heavy atom. The zero-order chi connectivity index (χ0) is 21.0. The van der Waals surface area contributed by atoms with Gasteiger partial charge in [0.25, 0.3) is 0 Å². The van der Waals surface area contributed by atoms with Crippen molar-refractivity contribution in [1.82, 2.24) is 0 Å². The number of nitriles is 1. The maximum absolute atomic E-state index is 12.9. The quantitative estimate of drug-likeness (QED) is 0.466. The molecule has 0 unspecified atom stereocenters. The number of hydrogen-bond acceptors (Lipinski definition) is 4. The Balaban J connectivity index is 1.86. The summed E-state index contributed by atoms with van der Waals surface area (Å²) in [5.41, 5.74) is 1.45. The summed E-state index contributed by atoms with van der Waals surface area (Å²) in [5.74, 6) is -0.139. The van der Waals surface area contributed by atoms with Gasteiger partial charge in [-0.25, -0.2) is 0 Å². The van der Waals surface area contributed by atoms with Crippen molar-refractivity contribution < 1.29 is 14.3 Å². The predicted octanol–water partition coefficient (Wildman–Crippen LogP) is 6.05. The van der Waals surface area contributed by atoms with Crippen LogP contribution in [0, 0.1) is 17.2 Å². The monoisotopic (exact) mass is 407 g/mol. The zero-order valence-corrected chi connectivity index (χ0v) is 17.3. The zero-order valence-electron chi connectivity index (χ0n) is 16.6. The molecule has 0 heterocycles. The Morgan fingerprint density at radius 1 is 0.966 bits per heavy atom. The van der Waals surface area contributed by atoms with Crippen molar-refractivity contribution in [2.45, 2.75) is 25.9 Å². The summed E-state index contributed by atoms with van der Waals surface area (Å²) in [6, 6.07) is 20.5. The number of carbonyl (C=O) groups is 1. The summed E-state index contributed by atoms with van der Waals surface area (Å²) >= 11 is 5.96. The standard InChI is InChI=1S/C24H22ClNO3/c1-15(2)23(16-6-9-20(25)10-7-16)24(27)29-22(14-26)19-5-4-18-13-21(28-3)11-8-17(18)12-19/h4-13,15,22-23H,1-3H3/t22-,23-/m0/s1. The van der Waals surface area contributed by atoms with E-state index in [9.17, 15) is 10.1 Å². The van der Waals surface area contributed by atoms with Crippen LogP contribution in [0.5, 0.6) is 5.75 Å². The Labute approximate surface area is 175 Å². The third kappa shape index (κ3) is 4.70. The molecule has 0 N–H and O–H groups in total. The van der Waals surface area contributed by atoms with Gasteiger partial charge in [-0.1, -0.05) is 55.8 Å². The molecule has 3 aromatic carbocycles. The van der Waals surface area contributed by atoms with Gasteiger partial charge in [-0.05, 0) is 52.6 Å². The first-order chi connectivity index (χ1) is 13.9. The number of ether oxygens (including phenoxy) is 2. The average Bonchev–Trinajstić information content (AvgIpc) is 2.72. The minimum Gasteiger partial charge on any atom is -0.497 e. The first-order valence-corrected chi connectivity index (χ1v) is 9.74. The lowest BCUT2D eigenvalue weighted by atomic mass is 9.88. The van der Waals surface area contributed by atoms with Crippen LogP contribution in [0.2, 0.25) is 5.02 Å². The Morgan fingerprint density at radius 3 is 2.21 bits per heavy atom. The largest absolute Gasteiger partial charge is 0.497 e. The molecular formula is C24H22ClNO3. The summed E-state index contributed by atoms with van der Waals surface area (Å²) in [6.45, 7) is 3.90. The van der Waals surface area contributed by atoms with E-state index in [1.165, 1.54) is 0 Å². The summed E-state index contributed by atoms with van der Waals surface area (Å²) in [4.78, 5) is 12.9. The van der Waals surface area contributed by atoms with Gasteiger partial charge in [0.15, 0.2) is 0 Å². The normalized spacial score (nSPS) is 13.0. The molecule has 0 fully saturated rings. The topological polar surface area (TPSA) is 59.3 Å². The van der Waals surface area contributed by atoms with Gasteiger partial charge in [-0.15, -0.1) is 0 Å². The van der Waals surface area contributed by atoms with Gasteiger partial charge in [-0.2, -0.15) is 5.26 Å². The maximum atomic E-state index is 12.9. The molecule has 0 radical (unpaired) electrons. The average molecular weight is 408 g/mol. The maximum Gasteiger partial charge on any atom is 0.315 e. The Kier molecular flexibility index (Phi) is 6.41. The summed E-state index contributed by atoms with van der Waals surface area (Å²) in [6.07, 6.45) is -0.984. The van der Waals surface area contributed by atoms with E-state index < -0.39 is 18.0 Å². The second-order valence-corrected chi connectivity index (χ2v) is 7.63. The molecule has 2 atom stereocenters. The molecule has 0 bridgehead atoms. The van der Waals surface area contributed by atoms with Crippen LogP contribution < -0.4 is 4.74 Å². The molecule has 5 heteroatoms. The molecule has 0 saturated carbocycles. The van der Waals surface area contributed by atoms with Crippen LogP contribution in [0.1, 0.15) is 37.0 Å². The number of hydrogen-bond donors (Lipinski definition) is 0. The molecule has 29 heavy (non-hydrogen) atoms. The van der Waals surface area contributed by atoms with E-state index in [2.05, 4.69) is 6.07 Å². The second kappa shape index (κ2) is 8.98. The van der Waals surface area contributed by atoms with Crippen LogP contribution in [0.4, 0.5) is 0 Å². The van der Waals surface area contributed by atoms with Crippen LogP contribution in [0.3, 0.4) is 0 Å². The number of fused-ring (bicyclic) bond motifs is 1. The van der Waals surface area contributed by atoms with Crippen molar-refractivity contribution in [3.05, 3.63) is 76.8 Å². The van der Waals surface area contributed by atoms with Crippen molar-refractivity contribution in [3.63, 3.8) is 0 Å². The van der Waals surface area contributed by atoms with Crippen LogP contribution >= 0.6 is 11.6 Å². The number of methoxy groups -OCH3 is 1. The fourth-order valence-corrected chi connectivity index (χ4v) is 3.48. The third-order valence-corrected chi connectivity index (χ3v) is 5.13. The van der Waals surface area contributed by atoms with Crippen molar-refractivity contribution in [1.29, 1.82) is 5.26 Å². The van der Waals surface area contributed by atoms with Gasteiger partial charge in [0, 0.05) is 10.6 Å². The lowest BCUT2D eigenvalue weighted by Crippen LogP contribution is -2.22. The van der Waals surface area contributed by atoms with E-state index in [0.29, 0.717) is 10.6 Å². The number of rotatable bonds is 6. The fraction of sp³-hybridized carbons (Fsp3) is 0.250. The Hall–Kier alpha value is -3.03. The summed E-state index contributed by atoms with van der Waals surface area (Å²) < 4.78 is 10.9. The van der Waals surface area contributed by atoms with Gasteiger partial charge in [0.1, 0.15) is 11.8 Å². The lowest BCUT2D eigenvalue weighted by Gasteiger charge is -2.22. The van der Waals surface area contributed by atoms with Gasteiger partial charge in [0.05, 0.1) is 13.0 Å². The minimum absolute atomic E-state index is 0.00656. The molecule has 148 valence electrons. The van der Waals surface area contributed by atoms with Crippen molar-refractivity contribution in [2.75, 3.05) is 7.11 Å². The molecule has 4 nitrogen and oxygen atoms in total. The number of esters is 1. The van der Waals surface area contributed by atoms with E-state index in [1.807, 2.05) is 56.3 Å². The van der Waals surface area contributed by atoms with Crippen molar-refractivity contribution >= 4 is 28.3 Å². The van der Waals surface area contributed by atoms with Crippen molar-refractivity contribution in [2.24, 2.45) is 5.92 Å². The molecule has 0 aliphatic carbocycles. The second-order valence-electron chi connectivity index (χ2n) is 7.19. The molecule has 3 aromatic rings. The highest BCUT2D eigenvalue weighted by molar-refractivity contribution is 6.30. The number of carbonyl (C=O) groups excluding carboxylic acids is 1. The van der Waals surface area contributed by atoms with Crippen LogP contribution in [-0.4, -0.2) is 13.1 Å². The van der Waals surface area contributed by atoms with E-state index in [4.69, 9.17) is 21.1 Å². The highest BCUT2D eigenvalue weighted by Crippen LogP contribution is 2.31. The molecule has 0 spiro atoms. The number of nitrogens with zero attached hydrogens (tertiary/aromatic N) is 1. The lowest BCUT2D eigenvalue weighted by molar-refractivity contribution is -0.150. The SMILES string of the molecule is COc1ccc2cc([C@H](C#N)OC(=O)[C@H](c3ccc(Cl)cc3)C(C)C)ccc2c1. The summed E-state index contributed by atoms with van der Waals surface area (Å²) in [5, 5.41) is 12.2. The van der Waals surface area contributed by atoms with Gasteiger partial charge < -0.3 is 9.47 Å². The highest BCUT2D eigenvalue weighted by atomic mass is 35.5. The molecule has 0 aliphatic heterocycles. The summed E-state index contributed by atoms with van der Waals surface area (Å²) in [7, 11) is 1.62. The molecule has 0 saturated heterocycles. The van der Waals surface area contributed by atoms with E-state index in [0.717, 1.165) is 22.1 Å². The predicted molar refractivity (Wildman–Crippen MR) is 114 cm³/mol. The first kappa shape index (κ1) is 20.7. The highest BCUT2D eigenvalue weighted by Gasteiger charge is 2.28. The minimum atomic E-state index is -0.984. The van der Waals surface area contributed by atoms with Crippen LogP contribution in [-0.2, 0) is 9.53 Å². The number of halogens is 1. The number of benzene rings is 3. The molecule has 0 aliphatic rings. The van der Waals surface area contributed by atoms with Crippen LogP contribution in [0.25, 0.3) is 10.8 Å².